The Kier molecular flexibility index (Phi) is 4.27. The van der Waals surface area contributed by atoms with Crippen molar-refractivity contribution >= 4 is 18.0 Å². The van der Waals surface area contributed by atoms with Crippen LogP contribution in [0.3, 0.4) is 0 Å². The number of carbonyl (C=O) groups is 2. The molecule has 4 heteroatoms. The Morgan fingerprint density at radius 2 is 1.75 bits per heavy atom. The second-order valence-electron chi connectivity index (χ2n) is 3.31. The van der Waals surface area contributed by atoms with E-state index < -0.39 is 11.9 Å². The molecule has 0 aliphatic rings. The molecule has 84 valence electrons. The summed E-state index contributed by atoms with van der Waals surface area (Å²) in [4.78, 5) is 20.6. The molecule has 0 aliphatic carbocycles. The van der Waals surface area contributed by atoms with Gasteiger partial charge >= 0.3 is 11.9 Å². The molecular formula is C12H12O4. The maximum Gasteiger partial charge on any atom is 0.328 e. The molecular weight excluding hydrogens is 208 g/mol. The van der Waals surface area contributed by atoms with Gasteiger partial charge in [0.05, 0.1) is 0 Å². The molecule has 0 saturated carbocycles. The molecule has 0 atom stereocenters. The second-order valence-corrected chi connectivity index (χ2v) is 3.31. The summed E-state index contributed by atoms with van der Waals surface area (Å²) in [5, 5.41) is 16.9. The lowest BCUT2D eigenvalue weighted by Crippen LogP contribution is -1.97. The quantitative estimate of drug-likeness (QED) is 0.742. The summed E-state index contributed by atoms with van der Waals surface area (Å²) in [5.41, 5.74) is 1.70. The highest BCUT2D eigenvalue weighted by Gasteiger charge is 1.98. The molecule has 0 bridgehead atoms. The molecule has 4 nitrogen and oxygen atoms in total. The van der Waals surface area contributed by atoms with Gasteiger partial charge < -0.3 is 10.2 Å². The van der Waals surface area contributed by atoms with Gasteiger partial charge in [-0.3, -0.25) is 4.79 Å². The molecule has 1 rings (SSSR count). The van der Waals surface area contributed by atoms with Crippen molar-refractivity contribution in [2.75, 3.05) is 0 Å². The number of aliphatic carboxylic acids is 2. The van der Waals surface area contributed by atoms with Gasteiger partial charge in [-0.15, -0.1) is 0 Å². The largest absolute Gasteiger partial charge is 0.481 e. The van der Waals surface area contributed by atoms with Gasteiger partial charge in [0, 0.05) is 12.5 Å². The lowest BCUT2D eigenvalue weighted by Gasteiger charge is -1.99. The minimum absolute atomic E-state index is 0.101. The van der Waals surface area contributed by atoms with E-state index in [4.69, 9.17) is 10.2 Å². The fourth-order valence-corrected chi connectivity index (χ4v) is 1.21. The summed E-state index contributed by atoms with van der Waals surface area (Å²) in [6.45, 7) is 0. The average Bonchev–Trinajstić information content (AvgIpc) is 2.25. The van der Waals surface area contributed by atoms with E-state index in [1.165, 1.54) is 6.08 Å². The summed E-state index contributed by atoms with van der Waals surface area (Å²) < 4.78 is 0. The van der Waals surface area contributed by atoms with Crippen LogP contribution in [0.15, 0.2) is 30.3 Å². The molecule has 0 spiro atoms. The maximum atomic E-state index is 10.3. The molecule has 0 radical (unpaired) electrons. The zero-order valence-corrected chi connectivity index (χ0v) is 8.59. The van der Waals surface area contributed by atoms with E-state index in [2.05, 4.69) is 0 Å². The molecule has 16 heavy (non-hydrogen) atoms. The minimum Gasteiger partial charge on any atom is -0.481 e. The third-order valence-electron chi connectivity index (χ3n) is 2.03. The van der Waals surface area contributed by atoms with Gasteiger partial charge in [-0.05, 0) is 23.6 Å². The first-order valence-electron chi connectivity index (χ1n) is 4.79. The van der Waals surface area contributed by atoms with Crippen molar-refractivity contribution in [2.24, 2.45) is 0 Å². The van der Waals surface area contributed by atoms with Gasteiger partial charge in [-0.2, -0.15) is 0 Å². The first-order chi connectivity index (χ1) is 7.58. The van der Waals surface area contributed by atoms with Gasteiger partial charge in [0.1, 0.15) is 0 Å². The highest BCUT2D eigenvalue weighted by molar-refractivity contribution is 5.85. The predicted molar refractivity (Wildman–Crippen MR) is 59.1 cm³/mol. The molecule has 1 aromatic carbocycles. The van der Waals surface area contributed by atoms with Crippen molar-refractivity contribution in [2.45, 2.75) is 12.8 Å². The molecule has 1 aromatic rings. The van der Waals surface area contributed by atoms with E-state index in [1.807, 2.05) is 0 Å². The summed E-state index contributed by atoms with van der Waals surface area (Å²) >= 11 is 0. The van der Waals surface area contributed by atoms with E-state index in [0.29, 0.717) is 6.42 Å². The summed E-state index contributed by atoms with van der Waals surface area (Å²) in [5.74, 6) is -1.81. The minimum atomic E-state index is -0.991. The van der Waals surface area contributed by atoms with Gasteiger partial charge in [0.15, 0.2) is 0 Å². The Balaban J connectivity index is 2.60. The van der Waals surface area contributed by atoms with Crippen LogP contribution in [-0.2, 0) is 16.0 Å². The fourth-order valence-electron chi connectivity index (χ4n) is 1.21. The molecule has 0 fully saturated rings. The average molecular weight is 220 g/mol. The van der Waals surface area contributed by atoms with Crippen LogP contribution < -0.4 is 0 Å². The topological polar surface area (TPSA) is 74.6 Å². The van der Waals surface area contributed by atoms with E-state index in [9.17, 15) is 9.59 Å². The van der Waals surface area contributed by atoms with E-state index in [0.717, 1.165) is 17.2 Å². The lowest BCUT2D eigenvalue weighted by molar-refractivity contribution is -0.137. The molecule has 0 aromatic heterocycles. The van der Waals surface area contributed by atoms with Crippen LogP contribution in [0.25, 0.3) is 6.08 Å². The Morgan fingerprint density at radius 3 is 2.25 bits per heavy atom. The third kappa shape index (κ3) is 4.41. The SMILES string of the molecule is O=C(O)/C=C/c1ccc(CCC(=O)O)cc1. The maximum absolute atomic E-state index is 10.3. The molecule has 0 aliphatic heterocycles. The fraction of sp³-hybridized carbons (Fsp3) is 0.167. The first kappa shape index (κ1) is 12.0. The van der Waals surface area contributed by atoms with E-state index in [1.54, 1.807) is 24.3 Å². The number of aryl methyl sites for hydroxylation is 1. The smallest absolute Gasteiger partial charge is 0.328 e. The van der Waals surface area contributed by atoms with Gasteiger partial charge in [-0.25, -0.2) is 4.79 Å². The predicted octanol–water partition coefficient (Wildman–Crippen LogP) is 1.80. The zero-order chi connectivity index (χ0) is 12.0. The van der Waals surface area contributed by atoms with Crippen molar-refractivity contribution in [1.29, 1.82) is 0 Å². The van der Waals surface area contributed by atoms with Gasteiger partial charge in [0.25, 0.3) is 0 Å². The molecule has 0 heterocycles. The molecule has 2 N–H and O–H groups in total. The van der Waals surface area contributed by atoms with Crippen LogP contribution in [0, 0.1) is 0 Å². The van der Waals surface area contributed by atoms with Crippen molar-refractivity contribution in [3.63, 3.8) is 0 Å². The molecule has 0 saturated heterocycles. The highest BCUT2D eigenvalue weighted by Crippen LogP contribution is 2.08. The standard InChI is InChI=1S/C12H12O4/c13-11(14)7-5-9-1-2-10(4-3-9)6-8-12(15)16/h1-5,7H,6,8H2,(H,13,14)(H,15,16)/b7-5+. The highest BCUT2D eigenvalue weighted by atomic mass is 16.4. The van der Waals surface area contributed by atoms with Crippen LogP contribution in [-0.4, -0.2) is 22.2 Å². The van der Waals surface area contributed by atoms with Crippen molar-refractivity contribution in [3.8, 4) is 0 Å². The van der Waals surface area contributed by atoms with Crippen LogP contribution in [0.5, 0.6) is 0 Å². The van der Waals surface area contributed by atoms with E-state index in [-0.39, 0.29) is 6.42 Å². The number of carboxylic acid groups (broad SMARTS) is 2. The van der Waals surface area contributed by atoms with Crippen LogP contribution in [0.4, 0.5) is 0 Å². The third-order valence-corrected chi connectivity index (χ3v) is 2.03. The van der Waals surface area contributed by atoms with E-state index >= 15 is 0 Å². The van der Waals surface area contributed by atoms with Crippen LogP contribution >= 0.6 is 0 Å². The zero-order valence-electron chi connectivity index (χ0n) is 8.59. The summed E-state index contributed by atoms with van der Waals surface area (Å²) in [6.07, 6.45) is 3.14. The van der Waals surface area contributed by atoms with Gasteiger partial charge in [0.2, 0.25) is 0 Å². The number of hydrogen-bond donors (Lipinski definition) is 2. The number of hydrogen-bond acceptors (Lipinski definition) is 2. The Hall–Kier alpha value is -2.10. The van der Waals surface area contributed by atoms with Crippen molar-refractivity contribution in [1.82, 2.24) is 0 Å². The Bertz CT molecular complexity index is 404. The number of rotatable bonds is 5. The first-order valence-corrected chi connectivity index (χ1v) is 4.79. The number of benzene rings is 1. The van der Waals surface area contributed by atoms with Crippen LogP contribution in [0.2, 0.25) is 0 Å². The van der Waals surface area contributed by atoms with Gasteiger partial charge in [-0.1, -0.05) is 24.3 Å². The van der Waals surface area contributed by atoms with Crippen molar-refractivity contribution < 1.29 is 19.8 Å². The monoisotopic (exact) mass is 220 g/mol. The van der Waals surface area contributed by atoms with Crippen LogP contribution in [0.1, 0.15) is 17.5 Å². The van der Waals surface area contributed by atoms with Crippen molar-refractivity contribution in [3.05, 3.63) is 41.5 Å². The summed E-state index contributed by atoms with van der Waals surface area (Å²) in [7, 11) is 0. The Morgan fingerprint density at radius 1 is 1.12 bits per heavy atom. The lowest BCUT2D eigenvalue weighted by atomic mass is 10.1. The Labute approximate surface area is 92.8 Å². The number of carboxylic acids is 2. The normalized spacial score (nSPS) is 10.5. The molecule has 0 amide bonds. The second kappa shape index (κ2) is 5.70. The summed E-state index contributed by atoms with van der Waals surface area (Å²) in [6, 6.07) is 7.11. The molecule has 0 unspecified atom stereocenters.